The summed E-state index contributed by atoms with van der Waals surface area (Å²) in [5.41, 5.74) is 0.744. The molecule has 33 heavy (non-hydrogen) atoms. The zero-order valence-corrected chi connectivity index (χ0v) is 19.8. The Morgan fingerprint density at radius 2 is 1.76 bits per heavy atom. The molecule has 1 N–H and O–H groups in total. The van der Waals surface area contributed by atoms with Crippen molar-refractivity contribution in [3.8, 4) is 11.5 Å². The molecule has 10 nitrogen and oxygen atoms in total. The molecular weight excluding hydrogens is 450 g/mol. The van der Waals surface area contributed by atoms with E-state index in [-0.39, 0.29) is 35.4 Å². The standard InChI is InChI=1S/C22H29N3O7S/c1-4-31-21-9-6-17(14-22(21)32-5-2)16(3)23-19-8-7-18(15-20(19)25(26)27)33(28,29)24-10-12-30-13-11-24/h6-9,14-16,23H,4-5,10-13H2,1-3H3. The van der Waals surface area contributed by atoms with Crippen molar-refractivity contribution in [2.45, 2.75) is 31.7 Å². The van der Waals surface area contributed by atoms with Crippen LogP contribution in [0, 0.1) is 10.1 Å². The van der Waals surface area contributed by atoms with Crippen LogP contribution in [-0.4, -0.2) is 57.2 Å². The molecule has 0 spiro atoms. The van der Waals surface area contributed by atoms with E-state index < -0.39 is 14.9 Å². The van der Waals surface area contributed by atoms with E-state index in [2.05, 4.69) is 5.32 Å². The maximum atomic E-state index is 12.9. The zero-order valence-electron chi connectivity index (χ0n) is 18.9. The molecule has 11 heteroatoms. The second-order valence-electron chi connectivity index (χ2n) is 7.39. The van der Waals surface area contributed by atoms with E-state index >= 15 is 0 Å². The van der Waals surface area contributed by atoms with Crippen LogP contribution < -0.4 is 14.8 Å². The maximum absolute atomic E-state index is 12.9. The predicted molar refractivity (Wildman–Crippen MR) is 123 cm³/mol. The Morgan fingerprint density at radius 3 is 2.39 bits per heavy atom. The Morgan fingerprint density at radius 1 is 1.09 bits per heavy atom. The van der Waals surface area contributed by atoms with E-state index in [4.69, 9.17) is 14.2 Å². The van der Waals surface area contributed by atoms with Gasteiger partial charge in [0.05, 0.1) is 36.2 Å². The van der Waals surface area contributed by atoms with Crippen molar-refractivity contribution in [3.63, 3.8) is 0 Å². The molecule has 3 rings (SSSR count). The minimum atomic E-state index is -3.85. The van der Waals surface area contributed by atoms with Crippen molar-refractivity contribution in [1.29, 1.82) is 0 Å². The number of nitro groups is 1. The van der Waals surface area contributed by atoms with Gasteiger partial charge in [0.1, 0.15) is 5.69 Å². The van der Waals surface area contributed by atoms with E-state index in [1.54, 1.807) is 6.07 Å². The third-order valence-corrected chi connectivity index (χ3v) is 7.11. The Balaban J connectivity index is 1.87. The highest BCUT2D eigenvalue weighted by molar-refractivity contribution is 7.89. The van der Waals surface area contributed by atoms with E-state index in [0.29, 0.717) is 37.9 Å². The lowest BCUT2D eigenvalue weighted by Crippen LogP contribution is -2.40. The van der Waals surface area contributed by atoms with Gasteiger partial charge in [-0.2, -0.15) is 4.31 Å². The molecule has 0 aromatic heterocycles. The monoisotopic (exact) mass is 479 g/mol. The summed E-state index contributed by atoms with van der Waals surface area (Å²) in [7, 11) is -3.85. The van der Waals surface area contributed by atoms with Crippen molar-refractivity contribution in [1.82, 2.24) is 4.31 Å². The van der Waals surface area contributed by atoms with Crippen LogP contribution in [0.3, 0.4) is 0 Å². The molecule has 1 fully saturated rings. The molecule has 1 saturated heterocycles. The summed E-state index contributed by atoms with van der Waals surface area (Å²) in [6.45, 7) is 7.60. The molecule has 0 aliphatic carbocycles. The van der Waals surface area contributed by atoms with Gasteiger partial charge in [0.2, 0.25) is 10.0 Å². The van der Waals surface area contributed by atoms with Crippen molar-refractivity contribution < 1.29 is 27.6 Å². The summed E-state index contributed by atoms with van der Waals surface area (Å²) in [4.78, 5) is 11.0. The fourth-order valence-electron chi connectivity index (χ4n) is 3.53. The van der Waals surface area contributed by atoms with Gasteiger partial charge < -0.3 is 19.5 Å². The van der Waals surface area contributed by atoms with Gasteiger partial charge in [0.15, 0.2) is 11.5 Å². The van der Waals surface area contributed by atoms with Gasteiger partial charge >= 0.3 is 0 Å². The number of nitrogens with one attached hydrogen (secondary N) is 1. The van der Waals surface area contributed by atoms with Gasteiger partial charge in [-0.3, -0.25) is 10.1 Å². The van der Waals surface area contributed by atoms with E-state index in [1.165, 1.54) is 16.4 Å². The third kappa shape index (κ3) is 5.73. The molecule has 1 heterocycles. The number of anilines is 1. The predicted octanol–water partition coefficient (Wildman–Crippen LogP) is 3.59. The van der Waals surface area contributed by atoms with Crippen LogP contribution in [0.2, 0.25) is 0 Å². The fourth-order valence-corrected chi connectivity index (χ4v) is 4.96. The molecule has 0 saturated carbocycles. The highest BCUT2D eigenvalue weighted by Gasteiger charge is 2.29. The highest BCUT2D eigenvalue weighted by Crippen LogP contribution is 2.35. The third-order valence-electron chi connectivity index (χ3n) is 5.21. The summed E-state index contributed by atoms with van der Waals surface area (Å²) in [5.74, 6) is 1.21. The molecule has 180 valence electrons. The number of benzene rings is 2. The summed E-state index contributed by atoms with van der Waals surface area (Å²) in [5, 5.41) is 14.9. The topological polar surface area (TPSA) is 120 Å². The summed E-state index contributed by atoms with van der Waals surface area (Å²) in [6, 6.07) is 9.08. The van der Waals surface area contributed by atoms with Crippen LogP contribution >= 0.6 is 0 Å². The second-order valence-corrected chi connectivity index (χ2v) is 9.33. The van der Waals surface area contributed by atoms with Crippen molar-refractivity contribution >= 4 is 21.4 Å². The van der Waals surface area contributed by atoms with E-state index in [0.717, 1.165) is 11.6 Å². The minimum absolute atomic E-state index is 0.117. The van der Waals surface area contributed by atoms with Gasteiger partial charge in [-0.25, -0.2) is 8.42 Å². The number of morpholine rings is 1. The zero-order chi connectivity index (χ0) is 24.0. The molecule has 1 unspecified atom stereocenters. The molecule has 1 aliphatic heterocycles. The summed E-state index contributed by atoms with van der Waals surface area (Å²) >= 11 is 0. The molecular formula is C22H29N3O7S. The molecule has 1 aliphatic rings. The number of ether oxygens (including phenoxy) is 3. The first kappa shape index (κ1) is 24.7. The Labute approximate surface area is 193 Å². The largest absolute Gasteiger partial charge is 0.490 e. The van der Waals surface area contributed by atoms with Crippen molar-refractivity contribution in [3.05, 3.63) is 52.1 Å². The molecule has 0 bridgehead atoms. The Kier molecular flexibility index (Phi) is 8.11. The van der Waals surface area contributed by atoms with Gasteiger partial charge in [-0.1, -0.05) is 6.07 Å². The first-order chi connectivity index (χ1) is 15.8. The second kappa shape index (κ2) is 10.8. The van der Waals surface area contributed by atoms with E-state index in [9.17, 15) is 18.5 Å². The molecule has 0 amide bonds. The first-order valence-corrected chi connectivity index (χ1v) is 12.2. The lowest BCUT2D eigenvalue weighted by Gasteiger charge is -2.26. The average Bonchev–Trinajstić information content (AvgIpc) is 2.81. The number of hydrogen-bond acceptors (Lipinski definition) is 8. The molecule has 2 aromatic rings. The SMILES string of the molecule is CCOc1ccc(C(C)Nc2ccc(S(=O)(=O)N3CCOCC3)cc2[N+](=O)[O-])cc1OCC. The number of rotatable bonds is 10. The van der Waals surface area contributed by atoms with Gasteiger partial charge in [-0.15, -0.1) is 0 Å². The number of nitro benzene ring substituents is 1. The summed E-state index contributed by atoms with van der Waals surface area (Å²) < 4.78 is 43.5. The average molecular weight is 480 g/mol. The van der Waals surface area contributed by atoms with Gasteiger partial charge in [-0.05, 0) is 50.6 Å². The maximum Gasteiger partial charge on any atom is 0.293 e. The molecule has 0 radical (unpaired) electrons. The summed E-state index contributed by atoms with van der Waals surface area (Å²) in [6.07, 6.45) is 0. The van der Waals surface area contributed by atoms with Crippen LogP contribution in [0.4, 0.5) is 11.4 Å². The quantitative estimate of drug-likeness (QED) is 0.405. The highest BCUT2D eigenvalue weighted by atomic mass is 32.2. The number of sulfonamides is 1. The fraction of sp³-hybridized carbons (Fsp3) is 0.455. The Bertz CT molecular complexity index is 1090. The first-order valence-electron chi connectivity index (χ1n) is 10.8. The van der Waals surface area contributed by atoms with Gasteiger partial charge in [0.25, 0.3) is 5.69 Å². The normalized spacial score (nSPS) is 15.6. The lowest BCUT2D eigenvalue weighted by atomic mass is 10.1. The number of hydrogen-bond donors (Lipinski definition) is 1. The van der Waals surface area contributed by atoms with Crippen LogP contribution in [-0.2, 0) is 14.8 Å². The smallest absolute Gasteiger partial charge is 0.293 e. The van der Waals surface area contributed by atoms with E-state index in [1.807, 2.05) is 32.9 Å². The molecule has 1 atom stereocenters. The van der Waals surface area contributed by atoms with Crippen LogP contribution in [0.1, 0.15) is 32.4 Å². The van der Waals surface area contributed by atoms with Crippen molar-refractivity contribution in [2.75, 3.05) is 44.8 Å². The minimum Gasteiger partial charge on any atom is -0.490 e. The lowest BCUT2D eigenvalue weighted by molar-refractivity contribution is -0.384. The number of nitrogens with zero attached hydrogens (tertiary/aromatic N) is 2. The van der Waals surface area contributed by atoms with Crippen LogP contribution in [0.25, 0.3) is 0 Å². The molecule has 2 aromatic carbocycles. The van der Waals surface area contributed by atoms with Crippen LogP contribution in [0.5, 0.6) is 11.5 Å². The van der Waals surface area contributed by atoms with Crippen molar-refractivity contribution in [2.24, 2.45) is 0 Å². The van der Waals surface area contributed by atoms with Gasteiger partial charge in [0, 0.05) is 25.2 Å². The Hall–Kier alpha value is -2.89. The van der Waals surface area contributed by atoms with Crippen LogP contribution in [0.15, 0.2) is 41.3 Å².